The third-order valence-corrected chi connectivity index (χ3v) is 3.21. The molecule has 2 N–H and O–H groups in total. The number of aryl methyl sites for hydroxylation is 2. The van der Waals surface area contributed by atoms with Crippen LogP contribution in [0.25, 0.3) is 10.7 Å². The maximum Gasteiger partial charge on any atom is 0.146 e. The van der Waals surface area contributed by atoms with Crippen LogP contribution < -0.4 is 5.73 Å². The molecule has 0 saturated heterocycles. The lowest BCUT2D eigenvalue weighted by molar-refractivity contribution is 0.913. The van der Waals surface area contributed by atoms with Gasteiger partial charge in [0.05, 0.1) is 6.33 Å². The summed E-state index contributed by atoms with van der Waals surface area (Å²) in [6.45, 7) is 2.08. The molecule has 74 valence electrons. The van der Waals surface area contributed by atoms with Crippen molar-refractivity contribution in [1.29, 1.82) is 0 Å². The fourth-order valence-corrected chi connectivity index (χ4v) is 2.13. The number of hydrogen-bond acceptors (Lipinski definition) is 4. The van der Waals surface area contributed by atoms with Crippen LogP contribution in [-0.2, 0) is 13.5 Å². The number of nitrogens with zero attached hydrogens (tertiary/aromatic N) is 3. The van der Waals surface area contributed by atoms with Crippen LogP contribution in [0.4, 0.5) is 5.82 Å². The molecular weight excluding hydrogens is 196 g/mol. The van der Waals surface area contributed by atoms with Gasteiger partial charge in [-0.1, -0.05) is 6.92 Å². The molecule has 0 bridgehead atoms. The van der Waals surface area contributed by atoms with Crippen molar-refractivity contribution in [3.05, 3.63) is 17.4 Å². The zero-order valence-corrected chi connectivity index (χ0v) is 9.01. The molecule has 0 radical (unpaired) electrons. The third kappa shape index (κ3) is 1.50. The van der Waals surface area contributed by atoms with Crippen LogP contribution >= 0.6 is 11.3 Å². The van der Waals surface area contributed by atoms with E-state index in [1.54, 1.807) is 17.7 Å². The van der Waals surface area contributed by atoms with Crippen LogP contribution in [0.2, 0.25) is 0 Å². The Morgan fingerprint density at radius 2 is 2.36 bits per heavy atom. The monoisotopic (exact) mass is 208 g/mol. The van der Waals surface area contributed by atoms with Gasteiger partial charge < -0.3 is 10.3 Å². The minimum absolute atomic E-state index is 0.637. The summed E-state index contributed by atoms with van der Waals surface area (Å²) in [7, 11) is 1.94. The predicted molar refractivity (Wildman–Crippen MR) is 58.1 cm³/mol. The smallest absolute Gasteiger partial charge is 0.146 e. The lowest BCUT2D eigenvalue weighted by atomic mass is 10.4. The first-order chi connectivity index (χ1) is 6.70. The van der Waals surface area contributed by atoms with Crippen LogP contribution in [-0.4, -0.2) is 14.5 Å². The number of rotatable bonds is 2. The van der Waals surface area contributed by atoms with Gasteiger partial charge in [-0.05, 0) is 6.42 Å². The largest absolute Gasteiger partial charge is 0.383 e. The van der Waals surface area contributed by atoms with Gasteiger partial charge in [-0.2, -0.15) is 0 Å². The van der Waals surface area contributed by atoms with E-state index in [1.807, 2.05) is 17.8 Å². The summed E-state index contributed by atoms with van der Waals surface area (Å²) in [5, 5.41) is 0.903. The van der Waals surface area contributed by atoms with Crippen LogP contribution in [0, 0.1) is 0 Å². The Hall–Kier alpha value is -1.36. The van der Waals surface area contributed by atoms with Gasteiger partial charge in [0.25, 0.3) is 0 Å². The molecule has 0 unspecified atom stereocenters. The number of thiazole rings is 1. The van der Waals surface area contributed by atoms with E-state index in [0.717, 1.165) is 22.0 Å². The van der Waals surface area contributed by atoms with E-state index in [4.69, 9.17) is 5.73 Å². The van der Waals surface area contributed by atoms with Crippen LogP contribution in [0.5, 0.6) is 0 Å². The lowest BCUT2D eigenvalue weighted by Gasteiger charge is -1.86. The summed E-state index contributed by atoms with van der Waals surface area (Å²) >= 11 is 1.61. The average Bonchev–Trinajstić information content (AvgIpc) is 2.71. The van der Waals surface area contributed by atoms with Gasteiger partial charge in [0, 0.05) is 18.1 Å². The number of imidazole rings is 1. The van der Waals surface area contributed by atoms with E-state index < -0.39 is 0 Å². The molecule has 2 heterocycles. The Labute approximate surface area is 86.4 Å². The van der Waals surface area contributed by atoms with Crippen molar-refractivity contribution in [3.8, 4) is 10.7 Å². The van der Waals surface area contributed by atoms with Crippen molar-refractivity contribution in [3.63, 3.8) is 0 Å². The van der Waals surface area contributed by atoms with Crippen molar-refractivity contribution < 1.29 is 0 Å². The zero-order chi connectivity index (χ0) is 10.1. The first kappa shape index (κ1) is 9.21. The van der Waals surface area contributed by atoms with E-state index in [9.17, 15) is 0 Å². The van der Waals surface area contributed by atoms with E-state index >= 15 is 0 Å². The second-order valence-electron chi connectivity index (χ2n) is 3.11. The SMILES string of the molecule is CCc1sc(-c2cn(C)cn2)nc1N. The summed E-state index contributed by atoms with van der Waals surface area (Å²) in [6, 6.07) is 0. The summed E-state index contributed by atoms with van der Waals surface area (Å²) in [4.78, 5) is 9.65. The maximum absolute atomic E-state index is 5.76. The second kappa shape index (κ2) is 3.42. The van der Waals surface area contributed by atoms with Crippen LogP contribution in [0.15, 0.2) is 12.5 Å². The number of anilines is 1. The molecule has 4 nitrogen and oxygen atoms in total. The molecule has 0 spiro atoms. The molecule has 2 aromatic heterocycles. The average molecular weight is 208 g/mol. The fraction of sp³-hybridized carbons (Fsp3) is 0.333. The Morgan fingerprint density at radius 1 is 1.57 bits per heavy atom. The van der Waals surface area contributed by atoms with Gasteiger partial charge in [-0.25, -0.2) is 9.97 Å². The van der Waals surface area contributed by atoms with Crippen LogP contribution in [0.3, 0.4) is 0 Å². The van der Waals surface area contributed by atoms with Gasteiger partial charge in [0.1, 0.15) is 16.5 Å². The highest BCUT2D eigenvalue weighted by Gasteiger charge is 2.10. The second-order valence-corrected chi connectivity index (χ2v) is 4.19. The summed E-state index contributed by atoms with van der Waals surface area (Å²) in [5.74, 6) is 0.637. The van der Waals surface area contributed by atoms with E-state index in [1.165, 1.54) is 0 Å². The quantitative estimate of drug-likeness (QED) is 0.817. The van der Waals surface area contributed by atoms with Crippen molar-refractivity contribution in [2.75, 3.05) is 5.73 Å². The predicted octanol–water partition coefficient (Wildman–Crippen LogP) is 1.69. The van der Waals surface area contributed by atoms with Crippen molar-refractivity contribution in [2.24, 2.45) is 7.05 Å². The normalized spacial score (nSPS) is 10.7. The first-order valence-electron chi connectivity index (χ1n) is 4.44. The van der Waals surface area contributed by atoms with E-state index in [0.29, 0.717) is 5.82 Å². The minimum Gasteiger partial charge on any atom is -0.383 e. The molecule has 0 atom stereocenters. The Kier molecular flexibility index (Phi) is 2.25. The molecule has 0 aliphatic rings. The molecule has 5 heteroatoms. The molecule has 2 rings (SSSR count). The standard InChI is InChI=1S/C9H12N4S/c1-3-7-8(10)12-9(14-7)6-4-13(2)5-11-6/h4-5H,3,10H2,1-2H3. The van der Waals surface area contributed by atoms with Gasteiger partial charge in [-0.15, -0.1) is 11.3 Å². The lowest BCUT2D eigenvalue weighted by Crippen LogP contribution is -1.88. The Balaban J connectivity index is 2.42. The van der Waals surface area contributed by atoms with Gasteiger partial charge in [0.2, 0.25) is 0 Å². The number of nitrogen functional groups attached to an aromatic ring is 1. The van der Waals surface area contributed by atoms with Gasteiger partial charge >= 0.3 is 0 Å². The molecule has 2 aromatic rings. The molecule has 0 aliphatic heterocycles. The van der Waals surface area contributed by atoms with Crippen LogP contribution in [0.1, 0.15) is 11.8 Å². The van der Waals surface area contributed by atoms with Gasteiger partial charge in [-0.3, -0.25) is 0 Å². The molecule has 0 aromatic carbocycles. The highest BCUT2D eigenvalue weighted by Crippen LogP contribution is 2.28. The zero-order valence-electron chi connectivity index (χ0n) is 8.19. The molecule has 0 aliphatic carbocycles. The topological polar surface area (TPSA) is 56.7 Å². The molecule has 14 heavy (non-hydrogen) atoms. The highest BCUT2D eigenvalue weighted by molar-refractivity contribution is 7.15. The fourth-order valence-electron chi connectivity index (χ4n) is 1.25. The van der Waals surface area contributed by atoms with Crippen molar-refractivity contribution in [2.45, 2.75) is 13.3 Å². The third-order valence-electron chi connectivity index (χ3n) is 1.97. The molecule has 0 amide bonds. The minimum atomic E-state index is 0.637. The van der Waals surface area contributed by atoms with E-state index in [2.05, 4.69) is 16.9 Å². The number of hydrogen-bond donors (Lipinski definition) is 1. The van der Waals surface area contributed by atoms with Gasteiger partial charge in [0.15, 0.2) is 0 Å². The van der Waals surface area contributed by atoms with Crippen molar-refractivity contribution in [1.82, 2.24) is 14.5 Å². The highest BCUT2D eigenvalue weighted by atomic mass is 32.1. The van der Waals surface area contributed by atoms with E-state index in [-0.39, 0.29) is 0 Å². The summed E-state index contributed by atoms with van der Waals surface area (Å²) in [5.41, 5.74) is 6.65. The molecule has 0 saturated carbocycles. The number of aromatic nitrogens is 3. The number of nitrogens with two attached hydrogens (primary N) is 1. The molecular formula is C9H12N4S. The Bertz CT molecular complexity index is 443. The van der Waals surface area contributed by atoms with Crippen molar-refractivity contribution >= 4 is 17.2 Å². The Morgan fingerprint density at radius 3 is 2.86 bits per heavy atom. The maximum atomic E-state index is 5.76. The first-order valence-corrected chi connectivity index (χ1v) is 5.26. The molecule has 0 fully saturated rings. The summed E-state index contributed by atoms with van der Waals surface area (Å²) < 4.78 is 1.90. The summed E-state index contributed by atoms with van der Waals surface area (Å²) in [6.07, 6.45) is 4.63.